The molecule has 0 unspecified atom stereocenters. The maximum absolute atomic E-state index is 11.3. The Balaban J connectivity index is 2.00. The van der Waals surface area contributed by atoms with Crippen molar-refractivity contribution in [3.05, 3.63) is 47.0 Å². The molecule has 0 radical (unpaired) electrons. The fourth-order valence-electron chi connectivity index (χ4n) is 2.14. The van der Waals surface area contributed by atoms with Crippen molar-refractivity contribution in [1.29, 1.82) is 0 Å². The molecule has 0 atom stereocenters. The molecular formula is C16H13ClN2O3. The predicted molar refractivity (Wildman–Crippen MR) is 84.6 cm³/mol. The highest BCUT2D eigenvalue weighted by Gasteiger charge is 2.13. The molecule has 0 amide bonds. The van der Waals surface area contributed by atoms with E-state index in [4.69, 9.17) is 21.8 Å². The molecule has 0 aliphatic rings. The number of oxazole rings is 1. The van der Waals surface area contributed by atoms with Gasteiger partial charge in [-0.2, -0.15) is 0 Å². The number of rotatable bonds is 3. The van der Waals surface area contributed by atoms with Gasteiger partial charge in [0, 0.05) is 5.69 Å². The summed E-state index contributed by atoms with van der Waals surface area (Å²) >= 11 is 6.17. The van der Waals surface area contributed by atoms with E-state index in [1.54, 1.807) is 36.4 Å². The minimum atomic E-state index is -0.301. The molecule has 6 heteroatoms. The topological polar surface area (TPSA) is 78.3 Å². The van der Waals surface area contributed by atoms with Gasteiger partial charge < -0.3 is 14.9 Å². The van der Waals surface area contributed by atoms with E-state index in [0.29, 0.717) is 33.3 Å². The van der Waals surface area contributed by atoms with E-state index in [0.717, 1.165) is 5.56 Å². The molecule has 0 aliphatic carbocycles. The maximum Gasteiger partial charge on any atom is 0.309 e. The van der Waals surface area contributed by atoms with Crippen LogP contribution in [0.4, 0.5) is 5.69 Å². The standard InChI is InChI=1S/C16H13ClN2O3/c1-21-15(20)7-9-2-5-14-13(6-9)19-16(22-14)11-4-3-10(18)8-12(11)17/h2-6,8H,7,18H2,1H3. The summed E-state index contributed by atoms with van der Waals surface area (Å²) in [6.07, 6.45) is 0.192. The molecule has 0 fully saturated rings. The van der Waals surface area contributed by atoms with Crippen LogP contribution < -0.4 is 5.73 Å². The number of fused-ring (bicyclic) bond motifs is 1. The third-order valence-corrected chi connectivity index (χ3v) is 3.56. The van der Waals surface area contributed by atoms with Crippen LogP contribution >= 0.6 is 11.6 Å². The van der Waals surface area contributed by atoms with Crippen LogP contribution in [0.5, 0.6) is 0 Å². The number of ether oxygens (including phenoxy) is 1. The Morgan fingerprint density at radius 2 is 2.14 bits per heavy atom. The number of nitrogens with two attached hydrogens (primary N) is 1. The number of nitrogens with zero attached hydrogens (tertiary/aromatic N) is 1. The van der Waals surface area contributed by atoms with Crippen molar-refractivity contribution in [2.24, 2.45) is 0 Å². The molecule has 1 aromatic heterocycles. The number of nitrogen functional groups attached to an aromatic ring is 1. The first-order valence-electron chi connectivity index (χ1n) is 6.58. The zero-order chi connectivity index (χ0) is 15.7. The lowest BCUT2D eigenvalue weighted by Gasteiger charge is -1.99. The molecule has 5 nitrogen and oxygen atoms in total. The van der Waals surface area contributed by atoms with Crippen LogP contribution in [0.2, 0.25) is 5.02 Å². The molecule has 1 heterocycles. The van der Waals surface area contributed by atoms with Crippen molar-refractivity contribution >= 4 is 34.4 Å². The van der Waals surface area contributed by atoms with E-state index in [1.807, 2.05) is 0 Å². The fraction of sp³-hybridized carbons (Fsp3) is 0.125. The number of esters is 1. The van der Waals surface area contributed by atoms with Gasteiger partial charge in [0.15, 0.2) is 5.58 Å². The van der Waals surface area contributed by atoms with Crippen LogP contribution in [-0.4, -0.2) is 18.1 Å². The zero-order valence-corrected chi connectivity index (χ0v) is 12.6. The lowest BCUT2D eigenvalue weighted by atomic mass is 10.1. The fourth-order valence-corrected chi connectivity index (χ4v) is 2.41. The highest BCUT2D eigenvalue weighted by Crippen LogP contribution is 2.31. The predicted octanol–water partition coefficient (Wildman–Crippen LogP) is 3.45. The van der Waals surface area contributed by atoms with Crippen molar-refractivity contribution in [1.82, 2.24) is 4.98 Å². The summed E-state index contributed by atoms with van der Waals surface area (Å²) < 4.78 is 10.4. The van der Waals surface area contributed by atoms with Gasteiger partial charge in [0.25, 0.3) is 0 Å². The smallest absolute Gasteiger partial charge is 0.309 e. The third-order valence-electron chi connectivity index (χ3n) is 3.25. The van der Waals surface area contributed by atoms with E-state index in [2.05, 4.69) is 9.72 Å². The van der Waals surface area contributed by atoms with Crippen LogP contribution in [0, 0.1) is 0 Å². The van der Waals surface area contributed by atoms with Crippen molar-refractivity contribution in [2.75, 3.05) is 12.8 Å². The normalized spacial score (nSPS) is 10.8. The molecule has 3 aromatic rings. The number of carbonyl (C=O) groups excluding carboxylic acids is 1. The zero-order valence-electron chi connectivity index (χ0n) is 11.8. The molecule has 0 spiro atoms. The van der Waals surface area contributed by atoms with Crippen molar-refractivity contribution in [3.63, 3.8) is 0 Å². The van der Waals surface area contributed by atoms with Gasteiger partial charge >= 0.3 is 5.97 Å². The largest absolute Gasteiger partial charge is 0.469 e. The Bertz CT molecular complexity index is 858. The lowest BCUT2D eigenvalue weighted by molar-refractivity contribution is -0.139. The Morgan fingerprint density at radius 3 is 2.86 bits per heavy atom. The molecule has 0 bridgehead atoms. The molecule has 2 aromatic carbocycles. The first-order valence-corrected chi connectivity index (χ1v) is 6.96. The summed E-state index contributed by atoms with van der Waals surface area (Å²) in [5, 5.41) is 0.473. The number of halogens is 1. The second-order valence-electron chi connectivity index (χ2n) is 4.81. The Kier molecular flexibility index (Phi) is 3.73. The van der Waals surface area contributed by atoms with E-state index in [9.17, 15) is 4.79 Å². The number of benzene rings is 2. The maximum atomic E-state index is 11.3. The van der Waals surface area contributed by atoms with Crippen molar-refractivity contribution in [3.8, 4) is 11.5 Å². The van der Waals surface area contributed by atoms with Gasteiger partial charge in [0.1, 0.15) is 5.52 Å². The highest BCUT2D eigenvalue weighted by atomic mass is 35.5. The third kappa shape index (κ3) is 2.76. The summed E-state index contributed by atoms with van der Waals surface area (Å²) in [7, 11) is 1.36. The van der Waals surface area contributed by atoms with E-state index >= 15 is 0 Å². The SMILES string of the molecule is COC(=O)Cc1ccc2oc(-c3ccc(N)cc3Cl)nc2c1. The second-order valence-corrected chi connectivity index (χ2v) is 5.22. The molecule has 0 aliphatic heterocycles. The molecule has 2 N–H and O–H groups in total. The Hall–Kier alpha value is -2.53. The first kappa shape index (κ1) is 14.4. The van der Waals surface area contributed by atoms with Crippen LogP contribution in [-0.2, 0) is 16.0 Å². The lowest BCUT2D eigenvalue weighted by Crippen LogP contribution is -2.04. The molecule has 0 saturated carbocycles. The number of aromatic nitrogens is 1. The Morgan fingerprint density at radius 1 is 1.32 bits per heavy atom. The molecule has 3 rings (SSSR count). The summed E-state index contributed by atoms with van der Waals surface area (Å²) in [4.78, 5) is 15.7. The van der Waals surface area contributed by atoms with Crippen LogP contribution in [0.25, 0.3) is 22.6 Å². The minimum Gasteiger partial charge on any atom is -0.469 e. The van der Waals surface area contributed by atoms with E-state index in [-0.39, 0.29) is 12.4 Å². The van der Waals surface area contributed by atoms with E-state index in [1.165, 1.54) is 7.11 Å². The first-order chi connectivity index (χ1) is 10.6. The van der Waals surface area contributed by atoms with Gasteiger partial charge in [0.2, 0.25) is 5.89 Å². The average Bonchev–Trinajstić information content (AvgIpc) is 2.89. The average molecular weight is 317 g/mol. The summed E-state index contributed by atoms with van der Waals surface area (Å²) in [5.41, 5.74) is 9.01. The van der Waals surface area contributed by atoms with Crippen molar-refractivity contribution in [2.45, 2.75) is 6.42 Å². The van der Waals surface area contributed by atoms with Gasteiger partial charge in [-0.1, -0.05) is 17.7 Å². The summed E-state index contributed by atoms with van der Waals surface area (Å²) in [5.74, 6) is 0.111. The van der Waals surface area contributed by atoms with Crippen LogP contribution in [0.1, 0.15) is 5.56 Å². The number of methoxy groups -OCH3 is 1. The highest BCUT2D eigenvalue weighted by molar-refractivity contribution is 6.33. The monoisotopic (exact) mass is 316 g/mol. The number of hydrogen-bond donors (Lipinski definition) is 1. The molecule has 0 saturated heterocycles. The van der Waals surface area contributed by atoms with Crippen LogP contribution in [0.15, 0.2) is 40.8 Å². The number of carbonyl (C=O) groups is 1. The van der Waals surface area contributed by atoms with Crippen molar-refractivity contribution < 1.29 is 13.9 Å². The van der Waals surface area contributed by atoms with Gasteiger partial charge in [0.05, 0.1) is 24.1 Å². The minimum absolute atomic E-state index is 0.192. The van der Waals surface area contributed by atoms with Crippen LogP contribution in [0.3, 0.4) is 0 Å². The second kappa shape index (κ2) is 5.69. The number of anilines is 1. The molecule has 22 heavy (non-hydrogen) atoms. The molecular weight excluding hydrogens is 304 g/mol. The summed E-state index contributed by atoms with van der Waals surface area (Å²) in [6, 6.07) is 10.5. The Labute approximate surface area is 131 Å². The van der Waals surface area contributed by atoms with E-state index < -0.39 is 0 Å². The van der Waals surface area contributed by atoms with Gasteiger partial charge in [-0.05, 0) is 35.9 Å². The summed E-state index contributed by atoms with van der Waals surface area (Å²) in [6.45, 7) is 0. The number of hydrogen-bond acceptors (Lipinski definition) is 5. The van der Waals surface area contributed by atoms with Gasteiger partial charge in [-0.25, -0.2) is 4.98 Å². The van der Waals surface area contributed by atoms with Gasteiger partial charge in [-0.15, -0.1) is 0 Å². The van der Waals surface area contributed by atoms with Gasteiger partial charge in [-0.3, -0.25) is 4.79 Å². The quantitative estimate of drug-likeness (QED) is 0.591. The molecule has 112 valence electrons.